The average molecular weight is 646 g/mol. The van der Waals surface area contributed by atoms with Crippen LogP contribution in [0.5, 0.6) is 17.2 Å². The van der Waals surface area contributed by atoms with E-state index >= 15 is 0 Å². The standard InChI is InChI=1S/C31H27F4N3O8/c1-31(2,43)14-45-27-16(4-3-15-12-38(29(41)25(15)27)23-7-8-24(39)37-28(23)40)13-44-30(42)36-22-6-5-17(9-19(22)32)46-18-10-20(33)26(35)21(34)11-18/h3-6,9-11,23,43H,7-8,12-14H2,1-2H3,(H,36,42)(H,37,39,40). The SMILES string of the molecule is CC(C)(O)COc1c(COC(=O)Nc2ccc(Oc3cc(F)c(F)c(F)c3)cc2F)ccc2c1C(=O)N(C1CCC(=O)NC1=O)C2. The monoisotopic (exact) mass is 645 g/mol. The number of nitrogens with one attached hydrogen (secondary N) is 2. The molecule has 1 unspecified atom stereocenters. The van der Waals surface area contributed by atoms with Gasteiger partial charge in [0.05, 0.1) is 16.9 Å². The summed E-state index contributed by atoms with van der Waals surface area (Å²) in [5.41, 5.74) is -0.784. The number of hydrogen-bond acceptors (Lipinski definition) is 8. The molecular formula is C31H27F4N3O8. The van der Waals surface area contributed by atoms with Crippen LogP contribution in [-0.2, 0) is 27.5 Å². The fraction of sp³-hybridized carbons (Fsp3) is 0.290. The molecular weight excluding hydrogens is 618 g/mol. The number of fused-ring (bicyclic) bond motifs is 1. The number of carbonyl (C=O) groups is 4. The van der Waals surface area contributed by atoms with Crippen LogP contribution in [0.2, 0.25) is 0 Å². The first-order valence-corrected chi connectivity index (χ1v) is 13.9. The molecule has 0 aromatic heterocycles. The molecule has 15 heteroatoms. The number of aliphatic hydroxyl groups is 1. The number of imide groups is 1. The predicted molar refractivity (Wildman–Crippen MR) is 151 cm³/mol. The molecule has 0 radical (unpaired) electrons. The Morgan fingerprint density at radius 1 is 1.02 bits per heavy atom. The first kappa shape index (κ1) is 32.2. The van der Waals surface area contributed by atoms with Gasteiger partial charge in [0, 0.05) is 36.7 Å². The van der Waals surface area contributed by atoms with Gasteiger partial charge in [0.15, 0.2) is 23.3 Å². The number of rotatable bonds is 9. The van der Waals surface area contributed by atoms with Crippen molar-refractivity contribution >= 4 is 29.5 Å². The predicted octanol–water partition coefficient (Wildman–Crippen LogP) is 4.69. The summed E-state index contributed by atoms with van der Waals surface area (Å²) in [7, 11) is 0. The Kier molecular flexibility index (Phi) is 8.87. The molecule has 0 aliphatic carbocycles. The molecule has 0 spiro atoms. The van der Waals surface area contributed by atoms with Crippen molar-refractivity contribution in [2.45, 2.75) is 51.5 Å². The van der Waals surface area contributed by atoms with Gasteiger partial charge in [-0.2, -0.15) is 0 Å². The van der Waals surface area contributed by atoms with E-state index in [9.17, 15) is 41.8 Å². The van der Waals surface area contributed by atoms with E-state index in [0.717, 1.165) is 12.1 Å². The van der Waals surface area contributed by atoms with Crippen LogP contribution in [0.15, 0.2) is 42.5 Å². The van der Waals surface area contributed by atoms with Gasteiger partial charge < -0.3 is 24.2 Å². The van der Waals surface area contributed by atoms with E-state index in [-0.39, 0.29) is 54.3 Å². The van der Waals surface area contributed by atoms with Gasteiger partial charge in [0.2, 0.25) is 11.8 Å². The molecule has 0 bridgehead atoms. The molecule has 242 valence electrons. The van der Waals surface area contributed by atoms with E-state index in [4.69, 9.17) is 14.2 Å². The van der Waals surface area contributed by atoms with Crippen LogP contribution in [0.1, 0.15) is 48.2 Å². The minimum absolute atomic E-state index is 0.0218. The van der Waals surface area contributed by atoms with E-state index in [1.165, 1.54) is 24.8 Å². The van der Waals surface area contributed by atoms with Crippen LogP contribution in [0.25, 0.3) is 0 Å². The summed E-state index contributed by atoms with van der Waals surface area (Å²) in [5.74, 6) is -7.85. The first-order valence-electron chi connectivity index (χ1n) is 13.9. The Morgan fingerprint density at radius 3 is 2.37 bits per heavy atom. The smallest absolute Gasteiger partial charge is 0.412 e. The summed E-state index contributed by atoms with van der Waals surface area (Å²) in [6, 6.07) is 6.52. The van der Waals surface area contributed by atoms with Gasteiger partial charge in [0.25, 0.3) is 5.91 Å². The molecule has 11 nitrogen and oxygen atoms in total. The van der Waals surface area contributed by atoms with Gasteiger partial charge in [-0.3, -0.25) is 25.0 Å². The maximum absolute atomic E-state index is 14.7. The number of ether oxygens (including phenoxy) is 3. The van der Waals surface area contributed by atoms with Gasteiger partial charge in [-0.25, -0.2) is 22.4 Å². The minimum Gasteiger partial charge on any atom is -0.489 e. The molecule has 2 aliphatic heterocycles. The number of nitrogens with zero attached hydrogens (tertiary/aromatic N) is 1. The van der Waals surface area contributed by atoms with Gasteiger partial charge in [-0.15, -0.1) is 0 Å². The summed E-state index contributed by atoms with van der Waals surface area (Å²) in [5, 5.41) is 14.7. The van der Waals surface area contributed by atoms with Crippen LogP contribution in [0.4, 0.5) is 28.0 Å². The molecule has 1 fully saturated rings. The second kappa shape index (κ2) is 12.7. The molecule has 3 N–H and O–H groups in total. The minimum atomic E-state index is -1.69. The van der Waals surface area contributed by atoms with Gasteiger partial charge in [-0.1, -0.05) is 12.1 Å². The second-order valence-electron chi connectivity index (χ2n) is 11.2. The number of halogens is 4. The highest BCUT2D eigenvalue weighted by Gasteiger charge is 2.41. The zero-order chi connectivity index (χ0) is 33.3. The van der Waals surface area contributed by atoms with E-state index < -0.39 is 71.1 Å². The number of piperidine rings is 1. The molecule has 2 heterocycles. The second-order valence-corrected chi connectivity index (χ2v) is 11.2. The Bertz CT molecular complexity index is 1720. The highest BCUT2D eigenvalue weighted by molar-refractivity contribution is 6.06. The van der Waals surface area contributed by atoms with Crippen molar-refractivity contribution < 1.29 is 56.1 Å². The Morgan fingerprint density at radius 2 is 1.72 bits per heavy atom. The molecule has 4 amide bonds. The summed E-state index contributed by atoms with van der Waals surface area (Å²) >= 11 is 0. The number of benzene rings is 3. The van der Waals surface area contributed by atoms with Crippen molar-refractivity contribution in [2.75, 3.05) is 11.9 Å². The van der Waals surface area contributed by atoms with Gasteiger partial charge in [0.1, 0.15) is 36.5 Å². The molecule has 2 aliphatic rings. The topological polar surface area (TPSA) is 144 Å². The number of carbonyl (C=O) groups excluding carboxylic acids is 4. The third-order valence-electron chi connectivity index (χ3n) is 7.03. The molecule has 3 aromatic carbocycles. The van der Waals surface area contributed by atoms with Crippen LogP contribution < -0.4 is 20.1 Å². The molecule has 0 saturated carbocycles. The first-order chi connectivity index (χ1) is 21.7. The maximum Gasteiger partial charge on any atom is 0.412 e. The summed E-state index contributed by atoms with van der Waals surface area (Å²) in [4.78, 5) is 51.5. The Balaban J connectivity index is 1.29. The van der Waals surface area contributed by atoms with Gasteiger partial charge >= 0.3 is 6.09 Å². The zero-order valence-corrected chi connectivity index (χ0v) is 24.4. The average Bonchev–Trinajstić information content (AvgIpc) is 3.30. The van der Waals surface area contributed by atoms with Crippen molar-refractivity contribution in [3.05, 3.63) is 82.4 Å². The lowest BCUT2D eigenvalue weighted by molar-refractivity contribution is -0.136. The third-order valence-corrected chi connectivity index (χ3v) is 7.03. The highest BCUT2D eigenvalue weighted by atomic mass is 19.2. The van der Waals surface area contributed by atoms with E-state index in [1.54, 1.807) is 12.1 Å². The zero-order valence-electron chi connectivity index (χ0n) is 24.4. The molecule has 3 aromatic rings. The molecule has 5 rings (SSSR count). The summed E-state index contributed by atoms with van der Waals surface area (Å²) in [6.45, 7) is 2.34. The van der Waals surface area contributed by atoms with Crippen molar-refractivity contribution in [3.8, 4) is 17.2 Å². The lowest BCUT2D eigenvalue weighted by Crippen LogP contribution is -2.52. The third kappa shape index (κ3) is 7.04. The quantitative estimate of drug-likeness (QED) is 0.173. The van der Waals surface area contributed by atoms with Gasteiger partial charge in [-0.05, 0) is 38.0 Å². The number of amides is 4. The summed E-state index contributed by atoms with van der Waals surface area (Å²) in [6.07, 6.45) is -0.884. The normalized spacial score (nSPS) is 16.2. The van der Waals surface area contributed by atoms with Crippen molar-refractivity contribution in [1.82, 2.24) is 10.2 Å². The number of anilines is 1. The lowest BCUT2D eigenvalue weighted by Gasteiger charge is -2.29. The Hall–Kier alpha value is -5.18. The van der Waals surface area contributed by atoms with Crippen LogP contribution in [0, 0.1) is 23.3 Å². The highest BCUT2D eigenvalue weighted by Crippen LogP contribution is 2.37. The molecule has 46 heavy (non-hydrogen) atoms. The van der Waals surface area contributed by atoms with E-state index in [1.807, 2.05) is 0 Å². The van der Waals surface area contributed by atoms with Crippen LogP contribution in [0.3, 0.4) is 0 Å². The fourth-order valence-corrected chi connectivity index (χ4v) is 4.87. The Labute approximate surface area is 259 Å². The van der Waals surface area contributed by atoms with Crippen molar-refractivity contribution in [2.24, 2.45) is 0 Å². The summed E-state index contributed by atoms with van der Waals surface area (Å²) < 4.78 is 71.1. The van der Waals surface area contributed by atoms with Crippen molar-refractivity contribution in [3.63, 3.8) is 0 Å². The van der Waals surface area contributed by atoms with Crippen LogP contribution in [-0.4, -0.2) is 52.1 Å². The largest absolute Gasteiger partial charge is 0.489 e. The lowest BCUT2D eigenvalue weighted by atomic mass is 10.0. The van der Waals surface area contributed by atoms with Crippen LogP contribution >= 0.6 is 0 Å². The maximum atomic E-state index is 14.7. The number of hydrogen-bond donors (Lipinski definition) is 3. The van der Waals surface area contributed by atoms with Crippen molar-refractivity contribution in [1.29, 1.82) is 0 Å². The molecule has 1 atom stereocenters. The fourth-order valence-electron chi connectivity index (χ4n) is 4.87. The van der Waals surface area contributed by atoms with E-state index in [2.05, 4.69) is 10.6 Å². The van der Waals surface area contributed by atoms with E-state index in [0.29, 0.717) is 17.7 Å². The molecule has 1 saturated heterocycles.